The number of carbonyl (C=O) groups is 1. The Morgan fingerprint density at radius 3 is 3.00 bits per heavy atom. The number of hydrogen-bond acceptors (Lipinski definition) is 4. The highest BCUT2D eigenvalue weighted by Gasteiger charge is 2.21. The summed E-state index contributed by atoms with van der Waals surface area (Å²) in [6.45, 7) is 1.79. The monoisotopic (exact) mass is 182 g/mol. The van der Waals surface area contributed by atoms with Gasteiger partial charge in [-0.2, -0.15) is 0 Å². The second-order valence-electron chi connectivity index (χ2n) is 3.04. The number of H-pyrrole nitrogens is 1. The molecule has 0 aliphatic carbocycles. The van der Waals surface area contributed by atoms with Gasteiger partial charge in [0.25, 0.3) is 5.82 Å². The molecule has 70 valence electrons. The number of nitrogens with one attached hydrogen (secondary N) is 2. The van der Waals surface area contributed by atoms with E-state index < -0.39 is 5.97 Å². The number of rotatable bonds is 2. The molecule has 13 heavy (non-hydrogen) atoms. The molecule has 1 atom stereocenters. The zero-order valence-corrected chi connectivity index (χ0v) is 6.95. The molecule has 0 bridgehead atoms. The van der Waals surface area contributed by atoms with Gasteiger partial charge in [-0.25, -0.2) is 9.78 Å². The normalized spacial score (nSPS) is 22.0. The largest absolute Gasteiger partial charge is 0.475 e. The summed E-state index contributed by atoms with van der Waals surface area (Å²) in [5.74, 6) is -0.293. The van der Waals surface area contributed by atoms with Gasteiger partial charge in [0.1, 0.15) is 5.82 Å². The van der Waals surface area contributed by atoms with Crippen LogP contribution in [-0.4, -0.2) is 39.3 Å². The molecule has 1 aromatic rings. The van der Waals surface area contributed by atoms with E-state index in [1.54, 1.807) is 0 Å². The van der Waals surface area contributed by atoms with Crippen LogP contribution in [0.15, 0.2) is 0 Å². The third-order valence-electron chi connectivity index (χ3n) is 2.14. The van der Waals surface area contributed by atoms with E-state index in [4.69, 9.17) is 5.11 Å². The fourth-order valence-corrected chi connectivity index (χ4v) is 1.44. The minimum atomic E-state index is -1.09. The quantitative estimate of drug-likeness (QED) is 0.577. The Kier molecular flexibility index (Phi) is 1.97. The zero-order valence-electron chi connectivity index (χ0n) is 6.95. The lowest BCUT2D eigenvalue weighted by Crippen LogP contribution is -2.09. The summed E-state index contributed by atoms with van der Waals surface area (Å²) in [4.78, 5) is 14.4. The summed E-state index contributed by atoms with van der Waals surface area (Å²) in [7, 11) is 0. The van der Waals surface area contributed by atoms with Crippen molar-refractivity contribution in [1.29, 1.82) is 0 Å². The Hall–Kier alpha value is -1.43. The van der Waals surface area contributed by atoms with E-state index in [0.717, 1.165) is 19.5 Å². The number of carboxylic acids is 1. The minimum absolute atomic E-state index is 0.151. The van der Waals surface area contributed by atoms with Crippen molar-refractivity contribution in [3.05, 3.63) is 11.6 Å². The highest BCUT2D eigenvalue weighted by Crippen LogP contribution is 2.17. The van der Waals surface area contributed by atoms with E-state index in [9.17, 15) is 4.79 Å². The molecular formula is C7H10N4O2. The van der Waals surface area contributed by atoms with Crippen molar-refractivity contribution in [2.45, 2.75) is 12.3 Å². The lowest BCUT2D eigenvalue weighted by Gasteiger charge is -2.00. The van der Waals surface area contributed by atoms with Crippen LogP contribution in [0.5, 0.6) is 0 Å². The summed E-state index contributed by atoms with van der Waals surface area (Å²) < 4.78 is 0. The van der Waals surface area contributed by atoms with Crippen LogP contribution in [0.1, 0.15) is 28.8 Å². The van der Waals surface area contributed by atoms with Crippen molar-refractivity contribution >= 4 is 5.97 Å². The first-order valence-corrected chi connectivity index (χ1v) is 4.13. The van der Waals surface area contributed by atoms with E-state index in [1.165, 1.54) is 0 Å². The van der Waals surface area contributed by atoms with Gasteiger partial charge in [0.2, 0.25) is 0 Å². The van der Waals surface area contributed by atoms with Crippen molar-refractivity contribution in [1.82, 2.24) is 20.5 Å². The Labute approximate surface area is 74.4 Å². The molecule has 6 nitrogen and oxygen atoms in total. The van der Waals surface area contributed by atoms with Crippen LogP contribution >= 0.6 is 0 Å². The SMILES string of the molecule is O=C(O)c1n[nH]c([C@@H]2CCNC2)n1. The molecule has 0 spiro atoms. The third kappa shape index (κ3) is 1.52. The van der Waals surface area contributed by atoms with Crippen LogP contribution in [0.3, 0.4) is 0 Å². The summed E-state index contributed by atoms with van der Waals surface area (Å²) in [5, 5.41) is 18.0. The second-order valence-corrected chi connectivity index (χ2v) is 3.04. The van der Waals surface area contributed by atoms with Crippen LogP contribution in [-0.2, 0) is 0 Å². The van der Waals surface area contributed by atoms with Gasteiger partial charge in [0.15, 0.2) is 0 Å². The number of aromatic carboxylic acids is 1. The van der Waals surface area contributed by atoms with E-state index in [0.29, 0.717) is 5.82 Å². The van der Waals surface area contributed by atoms with Crippen LogP contribution in [0.25, 0.3) is 0 Å². The van der Waals surface area contributed by atoms with E-state index in [2.05, 4.69) is 20.5 Å². The van der Waals surface area contributed by atoms with Crippen LogP contribution in [0.2, 0.25) is 0 Å². The maximum absolute atomic E-state index is 10.5. The van der Waals surface area contributed by atoms with Crippen molar-refractivity contribution in [3.8, 4) is 0 Å². The van der Waals surface area contributed by atoms with Gasteiger partial charge < -0.3 is 10.4 Å². The summed E-state index contributed by atoms with van der Waals surface area (Å²) in [6.07, 6.45) is 0.980. The Bertz CT molecular complexity index is 316. The van der Waals surface area contributed by atoms with Crippen LogP contribution < -0.4 is 5.32 Å². The maximum Gasteiger partial charge on any atom is 0.375 e. The topological polar surface area (TPSA) is 90.9 Å². The average molecular weight is 182 g/mol. The molecule has 0 aromatic carbocycles. The predicted octanol–water partition coefficient (Wildman–Crippen LogP) is -0.420. The number of aromatic amines is 1. The van der Waals surface area contributed by atoms with Gasteiger partial charge in [-0.05, 0) is 13.0 Å². The molecule has 2 heterocycles. The molecule has 3 N–H and O–H groups in total. The smallest absolute Gasteiger partial charge is 0.375 e. The molecule has 0 saturated carbocycles. The minimum Gasteiger partial charge on any atom is -0.475 e. The van der Waals surface area contributed by atoms with E-state index in [-0.39, 0.29) is 11.7 Å². The molecular weight excluding hydrogens is 172 g/mol. The highest BCUT2D eigenvalue weighted by atomic mass is 16.4. The first-order valence-electron chi connectivity index (χ1n) is 4.13. The first kappa shape index (κ1) is 8.18. The highest BCUT2D eigenvalue weighted by molar-refractivity contribution is 5.82. The summed E-state index contributed by atoms with van der Waals surface area (Å²) in [5.41, 5.74) is 0. The predicted molar refractivity (Wildman–Crippen MR) is 43.6 cm³/mol. The fraction of sp³-hybridized carbons (Fsp3) is 0.571. The summed E-state index contributed by atoms with van der Waals surface area (Å²) >= 11 is 0. The van der Waals surface area contributed by atoms with Crippen LogP contribution in [0, 0.1) is 0 Å². The number of hydrogen-bond donors (Lipinski definition) is 3. The number of nitrogens with zero attached hydrogens (tertiary/aromatic N) is 2. The lowest BCUT2D eigenvalue weighted by atomic mass is 10.1. The standard InChI is InChI=1S/C7H10N4O2/c12-7(13)6-9-5(10-11-6)4-1-2-8-3-4/h4,8H,1-3H2,(H,12,13)(H,9,10,11)/t4-/m1/s1. The fourth-order valence-electron chi connectivity index (χ4n) is 1.44. The number of aromatic nitrogens is 3. The Balaban J connectivity index is 2.16. The van der Waals surface area contributed by atoms with E-state index in [1.807, 2.05) is 0 Å². The van der Waals surface area contributed by atoms with Gasteiger partial charge in [-0.15, -0.1) is 5.10 Å². The van der Waals surface area contributed by atoms with E-state index >= 15 is 0 Å². The van der Waals surface area contributed by atoms with Gasteiger partial charge in [0.05, 0.1) is 0 Å². The van der Waals surface area contributed by atoms with Crippen molar-refractivity contribution < 1.29 is 9.90 Å². The summed E-state index contributed by atoms with van der Waals surface area (Å²) in [6, 6.07) is 0. The van der Waals surface area contributed by atoms with Gasteiger partial charge in [-0.3, -0.25) is 5.10 Å². The average Bonchev–Trinajstić information content (AvgIpc) is 2.75. The Morgan fingerprint density at radius 2 is 2.46 bits per heavy atom. The molecule has 1 aliphatic rings. The molecule has 6 heteroatoms. The third-order valence-corrected chi connectivity index (χ3v) is 2.14. The molecule has 0 unspecified atom stereocenters. The molecule has 0 radical (unpaired) electrons. The molecule has 2 rings (SSSR count). The van der Waals surface area contributed by atoms with Gasteiger partial charge in [0, 0.05) is 12.5 Å². The van der Waals surface area contributed by atoms with Crippen molar-refractivity contribution in [3.63, 3.8) is 0 Å². The molecule has 1 saturated heterocycles. The van der Waals surface area contributed by atoms with Crippen LogP contribution in [0.4, 0.5) is 0 Å². The molecule has 1 aliphatic heterocycles. The lowest BCUT2D eigenvalue weighted by molar-refractivity contribution is 0.0684. The van der Waals surface area contributed by atoms with Gasteiger partial charge in [-0.1, -0.05) is 0 Å². The zero-order chi connectivity index (χ0) is 9.26. The number of carboxylic acid groups (broad SMARTS) is 1. The first-order chi connectivity index (χ1) is 6.27. The van der Waals surface area contributed by atoms with Gasteiger partial charge >= 0.3 is 5.97 Å². The molecule has 1 fully saturated rings. The van der Waals surface area contributed by atoms with Crippen molar-refractivity contribution in [2.24, 2.45) is 0 Å². The van der Waals surface area contributed by atoms with Crippen molar-refractivity contribution in [2.75, 3.05) is 13.1 Å². The molecule has 0 amide bonds. The maximum atomic E-state index is 10.5. The molecule has 1 aromatic heterocycles. The Morgan fingerprint density at radius 1 is 1.62 bits per heavy atom. The second kappa shape index (κ2) is 3.14.